The highest BCUT2D eigenvalue weighted by Gasteiger charge is 2.06. The van der Waals surface area contributed by atoms with Crippen LogP contribution in [-0.2, 0) is 17.8 Å². The standard InChI is InChI=1S/C11H16N2O/c1-3-5-10(14)9-11-12-6-8-13(11)7-4-2/h3,6,8H,1,4-5,7,9H2,2H3. The van der Waals surface area contributed by atoms with Gasteiger partial charge >= 0.3 is 0 Å². The van der Waals surface area contributed by atoms with Crippen molar-refractivity contribution in [2.75, 3.05) is 0 Å². The van der Waals surface area contributed by atoms with E-state index in [1.807, 2.05) is 10.8 Å². The summed E-state index contributed by atoms with van der Waals surface area (Å²) >= 11 is 0. The zero-order valence-corrected chi connectivity index (χ0v) is 8.57. The lowest BCUT2D eigenvalue weighted by Gasteiger charge is -2.04. The predicted octanol–water partition coefficient (Wildman–Crippen LogP) is 1.98. The van der Waals surface area contributed by atoms with Gasteiger partial charge in [0.1, 0.15) is 11.6 Å². The molecule has 1 aromatic heterocycles. The van der Waals surface area contributed by atoms with E-state index < -0.39 is 0 Å². The Morgan fingerprint density at radius 3 is 3.14 bits per heavy atom. The Balaban J connectivity index is 2.61. The summed E-state index contributed by atoms with van der Waals surface area (Å²) in [5, 5.41) is 0. The molecule has 0 fully saturated rings. The van der Waals surface area contributed by atoms with Gasteiger partial charge in [-0.1, -0.05) is 13.0 Å². The van der Waals surface area contributed by atoms with Gasteiger partial charge in [-0.3, -0.25) is 4.79 Å². The maximum Gasteiger partial charge on any atom is 0.144 e. The average Bonchev–Trinajstić information content (AvgIpc) is 2.54. The number of nitrogens with zero attached hydrogens (tertiary/aromatic N) is 2. The van der Waals surface area contributed by atoms with Crippen LogP contribution >= 0.6 is 0 Å². The molecule has 1 aromatic rings. The smallest absolute Gasteiger partial charge is 0.144 e. The molecule has 0 atom stereocenters. The lowest BCUT2D eigenvalue weighted by Crippen LogP contribution is -2.09. The van der Waals surface area contributed by atoms with Crippen LogP contribution in [0.15, 0.2) is 25.0 Å². The molecule has 0 saturated carbocycles. The first-order chi connectivity index (χ1) is 6.77. The number of imidazole rings is 1. The number of aryl methyl sites for hydroxylation is 1. The topological polar surface area (TPSA) is 34.9 Å². The van der Waals surface area contributed by atoms with Crippen LogP contribution < -0.4 is 0 Å². The number of aromatic nitrogens is 2. The third-order valence-electron chi connectivity index (χ3n) is 1.99. The third kappa shape index (κ3) is 2.83. The van der Waals surface area contributed by atoms with Crippen molar-refractivity contribution in [3.8, 4) is 0 Å². The predicted molar refractivity (Wildman–Crippen MR) is 56.0 cm³/mol. The molecule has 3 heteroatoms. The van der Waals surface area contributed by atoms with Gasteiger partial charge in [0.25, 0.3) is 0 Å². The van der Waals surface area contributed by atoms with Crippen molar-refractivity contribution in [1.29, 1.82) is 0 Å². The van der Waals surface area contributed by atoms with Crippen LogP contribution in [0, 0.1) is 0 Å². The van der Waals surface area contributed by atoms with E-state index in [0.29, 0.717) is 12.8 Å². The first-order valence-electron chi connectivity index (χ1n) is 4.90. The average molecular weight is 192 g/mol. The lowest BCUT2D eigenvalue weighted by atomic mass is 10.2. The molecule has 76 valence electrons. The maximum atomic E-state index is 11.3. The molecule has 0 saturated heterocycles. The number of rotatable bonds is 6. The van der Waals surface area contributed by atoms with E-state index in [1.54, 1.807) is 12.3 Å². The van der Waals surface area contributed by atoms with Gasteiger partial charge in [-0.15, -0.1) is 6.58 Å². The molecular formula is C11H16N2O. The molecule has 0 bridgehead atoms. The summed E-state index contributed by atoms with van der Waals surface area (Å²) < 4.78 is 2.03. The third-order valence-corrected chi connectivity index (χ3v) is 1.99. The maximum absolute atomic E-state index is 11.3. The van der Waals surface area contributed by atoms with Gasteiger partial charge in [-0.2, -0.15) is 0 Å². The summed E-state index contributed by atoms with van der Waals surface area (Å²) in [6.07, 6.45) is 7.19. The number of allylic oxidation sites excluding steroid dienone is 1. The summed E-state index contributed by atoms with van der Waals surface area (Å²) in [7, 11) is 0. The van der Waals surface area contributed by atoms with E-state index in [0.717, 1.165) is 18.8 Å². The fourth-order valence-electron chi connectivity index (χ4n) is 1.36. The Bertz CT molecular complexity index is 315. The van der Waals surface area contributed by atoms with E-state index in [2.05, 4.69) is 18.5 Å². The van der Waals surface area contributed by atoms with Crippen molar-refractivity contribution in [2.45, 2.75) is 32.7 Å². The lowest BCUT2D eigenvalue weighted by molar-refractivity contribution is -0.117. The van der Waals surface area contributed by atoms with Crippen LogP contribution in [0.2, 0.25) is 0 Å². The monoisotopic (exact) mass is 192 g/mol. The van der Waals surface area contributed by atoms with E-state index in [-0.39, 0.29) is 5.78 Å². The number of ketones is 1. The minimum absolute atomic E-state index is 0.170. The number of hydrogen-bond acceptors (Lipinski definition) is 2. The molecule has 3 nitrogen and oxygen atoms in total. The molecule has 0 radical (unpaired) electrons. The zero-order valence-electron chi connectivity index (χ0n) is 8.57. The van der Waals surface area contributed by atoms with Crippen LogP contribution in [0.3, 0.4) is 0 Å². The van der Waals surface area contributed by atoms with E-state index >= 15 is 0 Å². The molecule has 0 aromatic carbocycles. The van der Waals surface area contributed by atoms with Gasteiger partial charge in [0.05, 0.1) is 6.42 Å². The van der Waals surface area contributed by atoms with Gasteiger partial charge in [-0.05, 0) is 6.42 Å². The van der Waals surface area contributed by atoms with Crippen LogP contribution in [0.1, 0.15) is 25.6 Å². The Labute approximate surface area is 84.5 Å². The van der Waals surface area contributed by atoms with Gasteiger partial charge in [0, 0.05) is 25.4 Å². The van der Waals surface area contributed by atoms with E-state index in [4.69, 9.17) is 0 Å². The molecule has 14 heavy (non-hydrogen) atoms. The van der Waals surface area contributed by atoms with Gasteiger partial charge in [0.2, 0.25) is 0 Å². The number of hydrogen-bond donors (Lipinski definition) is 0. The SMILES string of the molecule is C=CCC(=O)Cc1nccn1CCC. The summed E-state index contributed by atoms with van der Waals surface area (Å²) in [6.45, 7) is 6.57. The highest BCUT2D eigenvalue weighted by Crippen LogP contribution is 2.02. The Morgan fingerprint density at radius 1 is 1.71 bits per heavy atom. The minimum atomic E-state index is 0.170. The highest BCUT2D eigenvalue weighted by molar-refractivity contribution is 5.81. The van der Waals surface area contributed by atoms with Gasteiger partial charge < -0.3 is 4.57 Å². The van der Waals surface area contributed by atoms with Gasteiger partial charge in [-0.25, -0.2) is 4.98 Å². The highest BCUT2D eigenvalue weighted by atomic mass is 16.1. The summed E-state index contributed by atoms with van der Waals surface area (Å²) in [5.74, 6) is 1.03. The molecule has 0 aliphatic rings. The summed E-state index contributed by atoms with van der Waals surface area (Å²) in [6, 6.07) is 0. The first kappa shape index (κ1) is 10.7. The normalized spacial score (nSPS) is 10.1. The molecule has 0 unspecified atom stereocenters. The van der Waals surface area contributed by atoms with Crippen molar-refractivity contribution in [2.24, 2.45) is 0 Å². The molecule has 1 rings (SSSR count). The minimum Gasteiger partial charge on any atom is -0.335 e. The second kappa shape index (κ2) is 5.37. The fourth-order valence-corrected chi connectivity index (χ4v) is 1.36. The molecule has 0 amide bonds. The Hall–Kier alpha value is -1.38. The fraction of sp³-hybridized carbons (Fsp3) is 0.455. The van der Waals surface area contributed by atoms with Crippen molar-refractivity contribution in [3.05, 3.63) is 30.9 Å². The number of carbonyl (C=O) groups excluding carboxylic acids is 1. The molecular weight excluding hydrogens is 176 g/mol. The summed E-state index contributed by atoms with van der Waals surface area (Å²) in [4.78, 5) is 15.5. The Kier molecular flexibility index (Phi) is 4.11. The van der Waals surface area contributed by atoms with Gasteiger partial charge in [0.15, 0.2) is 0 Å². The summed E-state index contributed by atoms with van der Waals surface area (Å²) in [5.41, 5.74) is 0. The first-order valence-corrected chi connectivity index (χ1v) is 4.90. The van der Waals surface area contributed by atoms with Crippen LogP contribution in [0.4, 0.5) is 0 Å². The second-order valence-electron chi connectivity index (χ2n) is 3.25. The zero-order chi connectivity index (χ0) is 10.4. The van der Waals surface area contributed by atoms with Crippen molar-refractivity contribution in [1.82, 2.24) is 9.55 Å². The van der Waals surface area contributed by atoms with Crippen molar-refractivity contribution < 1.29 is 4.79 Å². The Morgan fingerprint density at radius 2 is 2.50 bits per heavy atom. The van der Waals surface area contributed by atoms with Crippen LogP contribution in [0.5, 0.6) is 0 Å². The number of Topliss-reactive ketones (excluding diaryl/α,β-unsaturated/α-hetero) is 1. The van der Waals surface area contributed by atoms with Crippen molar-refractivity contribution in [3.63, 3.8) is 0 Å². The molecule has 0 aliphatic heterocycles. The quantitative estimate of drug-likeness (QED) is 0.646. The van der Waals surface area contributed by atoms with Crippen LogP contribution in [0.25, 0.3) is 0 Å². The second-order valence-corrected chi connectivity index (χ2v) is 3.25. The molecule has 1 heterocycles. The van der Waals surface area contributed by atoms with E-state index in [9.17, 15) is 4.79 Å². The van der Waals surface area contributed by atoms with Crippen LogP contribution in [-0.4, -0.2) is 15.3 Å². The molecule has 0 spiro atoms. The van der Waals surface area contributed by atoms with E-state index in [1.165, 1.54) is 0 Å². The molecule has 0 N–H and O–H groups in total. The largest absolute Gasteiger partial charge is 0.335 e. The van der Waals surface area contributed by atoms with Crippen molar-refractivity contribution >= 4 is 5.78 Å². The number of carbonyl (C=O) groups is 1. The molecule has 0 aliphatic carbocycles.